The molecular weight excluding hydrogens is 353 g/mol. The molecule has 7 heteroatoms. The number of hydrogen-bond acceptors (Lipinski definition) is 5. The highest BCUT2D eigenvalue weighted by atomic mass is 32.1. The molecule has 1 fully saturated rings. The highest BCUT2D eigenvalue weighted by molar-refractivity contribution is 7.13. The molecule has 0 spiro atoms. The number of benzene rings is 1. The van der Waals surface area contributed by atoms with Crippen molar-refractivity contribution in [2.45, 2.75) is 32.6 Å². The van der Waals surface area contributed by atoms with Gasteiger partial charge in [0.15, 0.2) is 5.13 Å². The molecule has 2 atom stereocenters. The third-order valence-electron chi connectivity index (χ3n) is 3.98. The number of thiazole rings is 1. The van der Waals surface area contributed by atoms with Gasteiger partial charge in [0.1, 0.15) is 5.82 Å². The Morgan fingerprint density at radius 2 is 2.12 bits per heavy atom. The maximum absolute atomic E-state index is 13.5. The number of rotatable bonds is 5. The number of halogens is 1. The molecule has 1 amide bonds. The van der Waals surface area contributed by atoms with E-state index < -0.39 is 0 Å². The van der Waals surface area contributed by atoms with Crippen molar-refractivity contribution in [1.82, 2.24) is 9.88 Å². The van der Waals surface area contributed by atoms with Crippen molar-refractivity contribution in [3.63, 3.8) is 0 Å². The minimum Gasteiger partial charge on any atom is -0.373 e. The molecule has 0 saturated carbocycles. The number of morpholine rings is 1. The first-order chi connectivity index (χ1) is 12.5. The zero-order chi connectivity index (χ0) is 18.5. The van der Waals surface area contributed by atoms with Crippen molar-refractivity contribution in [2.75, 3.05) is 18.4 Å². The SMILES string of the molecule is C[C@@H]1CN(Cc2csc(NC(=O)/C=C/c3ccccc3F)n2)C[C@@H](C)O1. The van der Waals surface area contributed by atoms with Crippen LogP contribution in [0.4, 0.5) is 9.52 Å². The Kier molecular flexibility index (Phi) is 6.13. The molecule has 0 radical (unpaired) electrons. The average molecular weight is 375 g/mol. The predicted molar refractivity (Wildman–Crippen MR) is 101 cm³/mol. The number of anilines is 1. The molecule has 3 rings (SSSR count). The van der Waals surface area contributed by atoms with Crippen LogP contribution in [0, 0.1) is 5.82 Å². The van der Waals surface area contributed by atoms with Gasteiger partial charge in [0.05, 0.1) is 17.9 Å². The van der Waals surface area contributed by atoms with E-state index in [1.54, 1.807) is 18.2 Å². The summed E-state index contributed by atoms with van der Waals surface area (Å²) in [7, 11) is 0. The molecule has 1 aliphatic rings. The van der Waals surface area contributed by atoms with Crippen LogP contribution >= 0.6 is 11.3 Å². The van der Waals surface area contributed by atoms with Crippen LogP contribution in [-0.4, -0.2) is 41.1 Å². The molecular formula is C19H22FN3O2S. The molecule has 5 nitrogen and oxygen atoms in total. The van der Waals surface area contributed by atoms with Crippen LogP contribution in [0.5, 0.6) is 0 Å². The first kappa shape index (κ1) is 18.7. The summed E-state index contributed by atoms with van der Waals surface area (Å²) in [6, 6.07) is 6.31. The molecule has 1 aromatic carbocycles. The van der Waals surface area contributed by atoms with E-state index in [1.165, 1.54) is 29.6 Å². The van der Waals surface area contributed by atoms with Crippen LogP contribution in [0.2, 0.25) is 0 Å². The second kappa shape index (κ2) is 8.53. The topological polar surface area (TPSA) is 54.5 Å². The van der Waals surface area contributed by atoms with Gasteiger partial charge < -0.3 is 4.74 Å². The Morgan fingerprint density at radius 3 is 2.85 bits per heavy atom. The van der Waals surface area contributed by atoms with Gasteiger partial charge in [-0.2, -0.15) is 0 Å². The van der Waals surface area contributed by atoms with E-state index in [2.05, 4.69) is 29.0 Å². The maximum Gasteiger partial charge on any atom is 0.250 e. The van der Waals surface area contributed by atoms with Crippen LogP contribution in [0.15, 0.2) is 35.7 Å². The summed E-state index contributed by atoms with van der Waals surface area (Å²) in [5.74, 6) is -0.690. The average Bonchev–Trinajstić information content (AvgIpc) is 3.00. The van der Waals surface area contributed by atoms with Gasteiger partial charge in [0, 0.05) is 36.7 Å². The summed E-state index contributed by atoms with van der Waals surface area (Å²) < 4.78 is 19.3. The van der Waals surface area contributed by atoms with E-state index in [4.69, 9.17) is 4.74 Å². The number of nitrogens with one attached hydrogen (secondary N) is 1. The van der Waals surface area contributed by atoms with Crippen molar-refractivity contribution in [2.24, 2.45) is 0 Å². The van der Waals surface area contributed by atoms with E-state index in [0.29, 0.717) is 10.7 Å². The Bertz CT molecular complexity index is 783. The number of aromatic nitrogens is 1. The standard InChI is InChI=1S/C19H22FN3O2S/c1-13-9-23(10-14(2)25-13)11-16-12-26-19(21-16)22-18(24)8-7-15-5-3-4-6-17(15)20/h3-8,12-14H,9-11H2,1-2H3,(H,21,22,24)/b8-7+/t13-,14-/m1/s1. The fraction of sp³-hybridized carbons (Fsp3) is 0.368. The molecule has 0 unspecified atom stereocenters. The van der Waals surface area contributed by atoms with E-state index >= 15 is 0 Å². The minimum atomic E-state index is -0.359. The van der Waals surface area contributed by atoms with Crippen LogP contribution in [0.1, 0.15) is 25.1 Å². The Labute approximate surface area is 156 Å². The lowest BCUT2D eigenvalue weighted by Gasteiger charge is -2.34. The number of carbonyl (C=O) groups excluding carboxylic acids is 1. The molecule has 0 bridgehead atoms. The zero-order valence-electron chi connectivity index (χ0n) is 14.8. The number of hydrogen-bond donors (Lipinski definition) is 1. The zero-order valence-corrected chi connectivity index (χ0v) is 15.6. The molecule has 2 aromatic rings. The smallest absolute Gasteiger partial charge is 0.250 e. The lowest BCUT2D eigenvalue weighted by atomic mass is 10.2. The van der Waals surface area contributed by atoms with Gasteiger partial charge in [-0.25, -0.2) is 9.37 Å². The van der Waals surface area contributed by atoms with Crippen molar-refractivity contribution < 1.29 is 13.9 Å². The number of nitrogens with zero attached hydrogens (tertiary/aromatic N) is 2. The molecule has 1 saturated heterocycles. The third kappa shape index (κ3) is 5.20. The van der Waals surface area contributed by atoms with Crippen molar-refractivity contribution in [3.8, 4) is 0 Å². The molecule has 138 valence electrons. The van der Waals surface area contributed by atoms with Gasteiger partial charge in [0.2, 0.25) is 5.91 Å². The van der Waals surface area contributed by atoms with Crippen LogP contribution in [0.3, 0.4) is 0 Å². The molecule has 1 aliphatic heterocycles. The molecule has 26 heavy (non-hydrogen) atoms. The van der Waals surface area contributed by atoms with E-state index in [1.807, 2.05) is 5.38 Å². The third-order valence-corrected chi connectivity index (χ3v) is 4.79. The van der Waals surface area contributed by atoms with Gasteiger partial charge in [-0.3, -0.25) is 15.0 Å². The first-order valence-corrected chi connectivity index (χ1v) is 9.43. The Hall–Kier alpha value is -2.09. The molecule has 1 aromatic heterocycles. The summed E-state index contributed by atoms with van der Waals surface area (Å²) >= 11 is 1.38. The molecule has 2 heterocycles. The fourth-order valence-electron chi connectivity index (χ4n) is 3.00. The summed E-state index contributed by atoms with van der Waals surface area (Å²) in [5.41, 5.74) is 1.29. The predicted octanol–water partition coefficient (Wildman–Crippen LogP) is 3.54. The van der Waals surface area contributed by atoms with Crippen molar-refractivity contribution >= 4 is 28.5 Å². The maximum atomic E-state index is 13.5. The van der Waals surface area contributed by atoms with Gasteiger partial charge in [-0.05, 0) is 26.0 Å². The number of amides is 1. The first-order valence-electron chi connectivity index (χ1n) is 8.55. The number of ether oxygens (including phenoxy) is 1. The summed E-state index contributed by atoms with van der Waals surface area (Å²) in [5, 5.41) is 5.21. The van der Waals surface area contributed by atoms with Crippen molar-refractivity contribution in [1.29, 1.82) is 0 Å². The van der Waals surface area contributed by atoms with E-state index in [9.17, 15) is 9.18 Å². The summed E-state index contributed by atoms with van der Waals surface area (Å²) in [4.78, 5) is 18.8. The summed E-state index contributed by atoms with van der Waals surface area (Å²) in [6.07, 6.45) is 3.18. The number of carbonyl (C=O) groups is 1. The Morgan fingerprint density at radius 1 is 1.38 bits per heavy atom. The highest BCUT2D eigenvalue weighted by Gasteiger charge is 2.22. The monoisotopic (exact) mass is 375 g/mol. The van der Waals surface area contributed by atoms with Crippen molar-refractivity contribution in [3.05, 3.63) is 52.8 Å². The normalized spacial score (nSPS) is 21.2. The van der Waals surface area contributed by atoms with E-state index in [0.717, 1.165) is 25.3 Å². The molecule has 1 N–H and O–H groups in total. The lowest BCUT2D eigenvalue weighted by molar-refractivity contribution is -0.111. The van der Waals surface area contributed by atoms with Crippen LogP contribution in [0.25, 0.3) is 6.08 Å². The van der Waals surface area contributed by atoms with Gasteiger partial charge >= 0.3 is 0 Å². The largest absolute Gasteiger partial charge is 0.373 e. The van der Waals surface area contributed by atoms with Crippen LogP contribution in [-0.2, 0) is 16.1 Å². The van der Waals surface area contributed by atoms with E-state index in [-0.39, 0.29) is 23.9 Å². The Balaban J connectivity index is 1.55. The van der Waals surface area contributed by atoms with Gasteiger partial charge in [0.25, 0.3) is 0 Å². The van der Waals surface area contributed by atoms with Gasteiger partial charge in [-0.15, -0.1) is 11.3 Å². The second-order valence-electron chi connectivity index (χ2n) is 6.44. The quantitative estimate of drug-likeness (QED) is 0.812. The van der Waals surface area contributed by atoms with Gasteiger partial charge in [-0.1, -0.05) is 18.2 Å². The minimum absolute atomic E-state index is 0.208. The van der Waals surface area contributed by atoms with Crippen LogP contribution < -0.4 is 5.32 Å². The highest BCUT2D eigenvalue weighted by Crippen LogP contribution is 2.19. The lowest BCUT2D eigenvalue weighted by Crippen LogP contribution is -2.44. The fourth-order valence-corrected chi connectivity index (χ4v) is 3.71. The summed E-state index contributed by atoms with van der Waals surface area (Å²) in [6.45, 7) is 6.61. The second-order valence-corrected chi connectivity index (χ2v) is 7.30. The molecule has 0 aliphatic carbocycles.